The molecule has 0 aliphatic carbocycles. The lowest BCUT2D eigenvalue weighted by molar-refractivity contribution is 0.0258. The Bertz CT molecular complexity index is 443. The van der Waals surface area contributed by atoms with Crippen LogP contribution in [0.4, 0.5) is 0 Å². The maximum absolute atomic E-state index is 5.74. The molecule has 0 saturated heterocycles. The number of hydrogen-bond acceptors (Lipinski definition) is 4. The molecule has 1 aromatic heterocycles. The van der Waals surface area contributed by atoms with Crippen LogP contribution in [0.15, 0.2) is 29.5 Å². The average molecular weight is 450 g/mol. The molecule has 0 radical (unpaired) electrons. The minimum atomic E-state index is 0. The monoisotopic (exact) mass is 450 g/mol. The number of ether oxygens (including phenoxy) is 2. The quantitative estimate of drug-likeness (QED) is 0.248. The van der Waals surface area contributed by atoms with Crippen LogP contribution in [0, 0.1) is 5.92 Å². The van der Waals surface area contributed by atoms with Crippen molar-refractivity contribution in [3.05, 3.63) is 24.5 Å². The van der Waals surface area contributed by atoms with Gasteiger partial charge in [-0.1, -0.05) is 13.8 Å². The van der Waals surface area contributed by atoms with Gasteiger partial charge in [-0.2, -0.15) is 0 Å². The van der Waals surface area contributed by atoms with E-state index in [1.807, 2.05) is 19.1 Å². The summed E-state index contributed by atoms with van der Waals surface area (Å²) in [5.41, 5.74) is 0. The van der Waals surface area contributed by atoms with Gasteiger partial charge in [-0.3, -0.25) is 9.98 Å². The van der Waals surface area contributed by atoms with E-state index in [1.54, 1.807) is 19.4 Å². The topological polar surface area (TPSA) is 67.8 Å². The molecule has 0 spiro atoms. The Balaban J connectivity index is 0.00000529. The van der Waals surface area contributed by atoms with Crippen LogP contribution in [0.3, 0.4) is 0 Å². The highest BCUT2D eigenvalue weighted by Crippen LogP contribution is 2.09. The second-order valence-electron chi connectivity index (χ2n) is 5.49. The predicted octanol–water partition coefficient (Wildman–Crippen LogP) is 2.69. The zero-order valence-electron chi connectivity index (χ0n) is 15.1. The summed E-state index contributed by atoms with van der Waals surface area (Å²) in [6.07, 6.45) is 4.66. The Hall–Kier alpha value is -1.09. The second-order valence-corrected chi connectivity index (χ2v) is 5.49. The molecule has 1 heterocycles. The van der Waals surface area contributed by atoms with E-state index in [-0.39, 0.29) is 30.1 Å². The molecule has 138 valence electrons. The van der Waals surface area contributed by atoms with E-state index in [9.17, 15) is 0 Å². The predicted molar refractivity (Wildman–Crippen MR) is 109 cm³/mol. The largest absolute Gasteiger partial charge is 0.490 e. The van der Waals surface area contributed by atoms with E-state index >= 15 is 0 Å². The fraction of sp³-hybridized carbons (Fsp3) is 0.647. The molecule has 0 aliphatic heterocycles. The van der Waals surface area contributed by atoms with Crippen LogP contribution >= 0.6 is 24.0 Å². The number of nitrogens with one attached hydrogen (secondary N) is 2. The third kappa shape index (κ3) is 9.92. The van der Waals surface area contributed by atoms with E-state index in [4.69, 9.17) is 9.47 Å². The minimum Gasteiger partial charge on any atom is -0.490 e. The fourth-order valence-electron chi connectivity index (χ4n) is 2.15. The highest BCUT2D eigenvalue weighted by Gasteiger charge is 2.12. The van der Waals surface area contributed by atoms with Crippen molar-refractivity contribution in [3.8, 4) is 5.75 Å². The van der Waals surface area contributed by atoms with Crippen molar-refractivity contribution in [2.75, 3.05) is 33.4 Å². The molecule has 2 N–H and O–H groups in total. The van der Waals surface area contributed by atoms with Crippen molar-refractivity contribution < 1.29 is 9.47 Å². The second kappa shape index (κ2) is 14.3. The number of pyridine rings is 1. The SMILES string of the molecule is CCOC(CCNC(=NC)NCCOc1cccnc1)C(C)C.I. The fourth-order valence-corrected chi connectivity index (χ4v) is 2.15. The lowest BCUT2D eigenvalue weighted by Gasteiger charge is -2.21. The summed E-state index contributed by atoms with van der Waals surface area (Å²) in [4.78, 5) is 8.21. The number of hydrogen-bond donors (Lipinski definition) is 2. The summed E-state index contributed by atoms with van der Waals surface area (Å²) in [5.74, 6) is 2.06. The average Bonchev–Trinajstić information content (AvgIpc) is 2.56. The van der Waals surface area contributed by atoms with Gasteiger partial charge in [0.25, 0.3) is 0 Å². The molecule has 0 amide bonds. The van der Waals surface area contributed by atoms with Gasteiger partial charge < -0.3 is 20.1 Å². The van der Waals surface area contributed by atoms with Gasteiger partial charge >= 0.3 is 0 Å². The Kier molecular flexibility index (Phi) is 13.6. The number of nitrogens with zero attached hydrogens (tertiary/aromatic N) is 2. The highest BCUT2D eigenvalue weighted by molar-refractivity contribution is 14.0. The lowest BCUT2D eigenvalue weighted by atomic mass is 10.0. The van der Waals surface area contributed by atoms with Gasteiger partial charge in [0.1, 0.15) is 12.4 Å². The molecular formula is C17H31IN4O2. The number of rotatable bonds is 10. The Morgan fingerprint density at radius 2 is 2.04 bits per heavy atom. The Morgan fingerprint density at radius 1 is 1.29 bits per heavy atom. The van der Waals surface area contributed by atoms with Gasteiger partial charge in [0.15, 0.2) is 5.96 Å². The Labute approximate surface area is 162 Å². The lowest BCUT2D eigenvalue weighted by Crippen LogP contribution is -2.40. The summed E-state index contributed by atoms with van der Waals surface area (Å²) in [5, 5.41) is 6.53. The molecule has 0 bridgehead atoms. The third-order valence-corrected chi connectivity index (χ3v) is 3.37. The van der Waals surface area contributed by atoms with Crippen molar-refractivity contribution in [2.45, 2.75) is 33.3 Å². The molecule has 0 fully saturated rings. The van der Waals surface area contributed by atoms with Crippen LogP contribution in [0.1, 0.15) is 27.2 Å². The van der Waals surface area contributed by atoms with Gasteiger partial charge in [0.05, 0.1) is 18.8 Å². The number of halogens is 1. The van der Waals surface area contributed by atoms with Gasteiger partial charge in [-0.05, 0) is 31.4 Å². The van der Waals surface area contributed by atoms with Crippen LogP contribution in [0.5, 0.6) is 5.75 Å². The first-order valence-corrected chi connectivity index (χ1v) is 8.26. The van der Waals surface area contributed by atoms with Crippen molar-refractivity contribution in [1.29, 1.82) is 0 Å². The molecule has 0 saturated carbocycles. The molecule has 1 unspecified atom stereocenters. The summed E-state index contributed by atoms with van der Waals surface area (Å²) in [6, 6.07) is 3.74. The van der Waals surface area contributed by atoms with Gasteiger partial charge in [-0.15, -0.1) is 24.0 Å². The molecule has 0 aromatic carbocycles. The zero-order valence-corrected chi connectivity index (χ0v) is 17.4. The molecule has 7 heteroatoms. The van der Waals surface area contributed by atoms with Gasteiger partial charge in [-0.25, -0.2) is 0 Å². The van der Waals surface area contributed by atoms with Crippen LogP contribution in [-0.2, 0) is 4.74 Å². The first kappa shape index (κ1) is 22.9. The highest BCUT2D eigenvalue weighted by atomic mass is 127. The molecule has 1 rings (SSSR count). The summed E-state index contributed by atoms with van der Waals surface area (Å²) >= 11 is 0. The number of guanidine groups is 1. The van der Waals surface area contributed by atoms with Crippen molar-refractivity contribution in [1.82, 2.24) is 15.6 Å². The van der Waals surface area contributed by atoms with Crippen LogP contribution < -0.4 is 15.4 Å². The zero-order chi connectivity index (χ0) is 16.9. The van der Waals surface area contributed by atoms with Crippen LogP contribution in [0.2, 0.25) is 0 Å². The first-order valence-electron chi connectivity index (χ1n) is 8.26. The maximum Gasteiger partial charge on any atom is 0.191 e. The standard InChI is InChI=1S/C17H30N4O2.HI/c1-5-22-16(14(2)3)8-10-20-17(18-4)21-11-12-23-15-7-6-9-19-13-15;/h6-7,9,13-14,16H,5,8,10-12H2,1-4H3,(H2,18,20,21);1H. The number of aromatic nitrogens is 1. The van der Waals surface area contributed by atoms with Crippen molar-refractivity contribution in [2.24, 2.45) is 10.9 Å². The first-order chi connectivity index (χ1) is 11.2. The van der Waals surface area contributed by atoms with E-state index in [0.29, 0.717) is 19.1 Å². The normalized spacial score (nSPS) is 12.5. The molecular weight excluding hydrogens is 419 g/mol. The minimum absolute atomic E-state index is 0. The van der Waals surface area contributed by atoms with E-state index in [1.165, 1.54) is 0 Å². The van der Waals surface area contributed by atoms with E-state index in [0.717, 1.165) is 31.3 Å². The van der Waals surface area contributed by atoms with Crippen molar-refractivity contribution in [3.63, 3.8) is 0 Å². The van der Waals surface area contributed by atoms with Crippen molar-refractivity contribution >= 4 is 29.9 Å². The van der Waals surface area contributed by atoms with Gasteiger partial charge in [0.2, 0.25) is 0 Å². The molecule has 1 aromatic rings. The maximum atomic E-state index is 5.74. The summed E-state index contributed by atoms with van der Waals surface area (Å²) < 4.78 is 11.3. The van der Waals surface area contributed by atoms with Gasteiger partial charge in [0, 0.05) is 26.4 Å². The molecule has 1 atom stereocenters. The van der Waals surface area contributed by atoms with E-state index in [2.05, 4.69) is 34.5 Å². The number of aliphatic imine (C=N–C) groups is 1. The molecule has 24 heavy (non-hydrogen) atoms. The van der Waals surface area contributed by atoms with Crippen LogP contribution in [-0.4, -0.2) is 50.4 Å². The molecule has 6 nitrogen and oxygen atoms in total. The molecule has 0 aliphatic rings. The van der Waals surface area contributed by atoms with Crippen LogP contribution in [0.25, 0.3) is 0 Å². The third-order valence-electron chi connectivity index (χ3n) is 3.37. The summed E-state index contributed by atoms with van der Waals surface area (Å²) in [6.45, 7) is 9.21. The Morgan fingerprint density at radius 3 is 2.62 bits per heavy atom. The smallest absolute Gasteiger partial charge is 0.191 e. The summed E-state index contributed by atoms with van der Waals surface area (Å²) in [7, 11) is 1.76. The van der Waals surface area contributed by atoms with E-state index < -0.39 is 0 Å².